The van der Waals surface area contributed by atoms with Crippen molar-refractivity contribution in [2.75, 3.05) is 13.2 Å². The maximum atomic E-state index is 11.2. The van der Waals surface area contributed by atoms with E-state index in [4.69, 9.17) is 16.2 Å². The standard InChI is InChI=1S/C9H20N2O2/c1-7(2)6-13-9(12)8(11)4-3-5-10/h7-8H,3-6,10-11H2,1-2H3/t8-/m1/s1. The van der Waals surface area contributed by atoms with Crippen LogP contribution in [0.1, 0.15) is 26.7 Å². The molecule has 0 aromatic heterocycles. The van der Waals surface area contributed by atoms with Crippen molar-refractivity contribution in [2.45, 2.75) is 32.7 Å². The SMILES string of the molecule is CC(C)COC(=O)[C@H](N)CCCN. The largest absolute Gasteiger partial charge is 0.464 e. The molecule has 0 fully saturated rings. The lowest BCUT2D eigenvalue weighted by Gasteiger charge is -2.12. The molecule has 0 bridgehead atoms. The Kier molecular flexibility index (Phi) is 6.54. The zero-order chi connectivity index (χ0) is 10.3. The first-order chi connectivity index (χ1) is 6.07. The van der Waals surface area contributed by atoms with Crippen LogP contribution in [0.5, 0.6) is 0 Å². The van der Waals surface area contributed by atoms with Gasteiger partial charge in [0.2, 0.25) is 0 Å². The summed E-state index contributed by atoms with van der Waals surface area (Å²) in [6.45, 7) is 4.97. The molecule has 4 heteroatoms. The summed E-state index contributed by atoms with van der Waals surface area (Å²) in [6, 6.07) is -0.512. The lowest BCUT2D eigenvalue weighted by Crippen LogP contribution is -2.33. The zero-order valence-corrected chi connectivity index (χ0v) is 8.45. The molecule has 0 heterocycles. The molecule has 0 aromatic rings. The highest BCUT2D eigenvalue weighted by Gasteiger charge is 2.14. The minimum absolute atomic E-state index is 0.317. The summed E-state index contributed by atoms with van der Waals surface area (Å²) in [4.78, 5) is 11.2. The van der Waals surface area contributed by atoms with Crippen LogP contribution in [0.2, 0.25) is 0 Å². The monoisotopic (exact) mass is 188 g/mol. The highest BCUT2D eigenvalue weighted by molar-refractivity contribution is 5.75. The average Bonchev–Trinajstić information content (AvgIpc) is 2.10. The Bertz CT molecular complexity index is 149. The van der Waals surface area contributed by atoms with Gasteiger partial charge < -0.3 is 16.2 Å². The molecule has 0 saturated carbocycles. The highest BCUT2D eigenvalue weighted by Crippen LogP contribution is 1.98. The summed E-state index contributed by atoms with van der Waals surface area (Å²) in [5, 5.41) is 0. The summed E-state index contributed by atoms with van der Waals surface area (Å²) in [5.41, 5.74) is 10.9. The van der Waals surface area contributed by atoms with Crippen LogP contribution < -0.4 is 11.5 Å². The second-order valence-corrected chi connectivity index (χ2v) is 3.56. The van der Waals surface area contributed by atoms with Gasteiger partial charge in [0.25, 0.3) is 0 Å². The average molecular weight is 188 g/mol. The van der Waals surface area contributed by atoms with Crippen molar-refractivity contribution in [3.05, 3.63) is 0 Å². The second-order valence-electron chi connectivity index (χ2n) is 3.56. The van der Waals surface area contributed by atoms with Crippen LogP contribution in [0.25, 0.3) is 0 Å². The van der Waals surface area contributed by atoms with Crippen LogP contribution in [0.15, 0.2) is 0 Å². The molecule has 0 aromatic carbocycles. The predicted octanol–water partition coefficient (Wildman–Crippen LogP) is 0.252. The Morgan fingerprint density at radius 1 is 1.46 bits per heavy atom. The molecular weight excluding hydrogens is 168 g/mol. The number of nitrogens with two attached hydrogens (primary N) is 2. The van der Waals surface area contributed by atoms with E-state index in [-0.39, 0.29) is 5.97 Å². The fraction of sp³-hybridized carbons (Fsp3) is 0.889. The number of carbonyl (C=O) groups is 1. The minimum Gasteiger partial charge on any atom is -0.464 e. The third kappa shape index (κ3) is 6.54. The van der Waals surface area contributed by atoms with Gasteiger partial charge >= 0.3 is 5.97 Å². The van der Waals surface area contributed by atoms with Crippen LogP contribution in [0, 0.1) is 5.92 Å². The van der Waals surface area contributed by atoms with Crippen molar-refractivity contribution < 1.29 is 9.53 Å². The van der Waals surface area contributed by atoms with E-state index in [0.29, 0.717) is 25.5 Å². The van der Waals surface area contributed by atoms with Gasteiger partial charge in [0.1, 0.15) is 6.04 Å². The molecule has 1 atom stereocenters. The second kappa shape index (κ2) is 6.86. The van der Waals surface area contributed by atoms with Crippen LogP contribution in [-0.2, 0) is 9.53 Å². The highest BCUT2D eigenvalue weighted by atomic mass is 16.5. The van der Waals surface area contributed by atoms with Gasteiger partial charge in [0, 0.05) is 0 Å². The van der Waals surface area contributed by atoms with E-state index in [1.807, 2.05) is 13.8 Å². The third-order valence-electron chi connectivity index (χ3n) is 1.58. The van der Waals surface area contributed by atoms with Gasteiger partial charge in [-0.3, -0.25) is 4.79 Å². The number of hydrogen-bond donors (Lipinski definition) is 2. The number of carbonyl (C=O) groups excluding carboxylic acids is 1. The van der Waals surface area contributed by atoms with E-state index in [1.165, 1.54) is 0 Å². The molecule has 0 rings (SSSR count). The van der Waals surface area contributed by atoms with Gasteiger partial charge in [-0.25, -0.2) is 0 Å². The molecule has 4 N–H and O–H groups in total. The topological polar surface area (TPSA) is 78.3 Å². The summed E-state index contributed by atoms with van der Waals surface area (Å²) < 4.78 is 4.96. The Balaban J connectivity index is 3.57. The first-order valence-corrected chi connectivity index (χ1v) is 4.70. The van der Waals surface area contributed by atoms with Crippen molar-refractivity contribution in [1.29, 1.82) is 0 Å². The first-order valence-electron chi connectivity index (χ1n) is 4.70. The molecule has 0 saturated heterocycles. The van der Waals surface area contributed by atoms with Gasteiger partial charge in [-0.15, -0.1) is 0 Å². The fourth-order valence-electron chi connectivity index (χ4n) is 0.811. The van der Waals surface area contributed by atoms with Crippen molar-refractivity contribution >= 4 is 5.97 Å². The fourth-order valence-corrected chi connectivity index (χ4v) is 0.811. The van der Waals surface area contributed by atoms with Crippen molar-refractivity contribution in [2.24, 2.45) is 17.4 Å². The van der Waals surface area contributed by atoms with E-state index in [9.17, 15) is 4.79 Å². The summed E-state index contributed by atoms with van der Waals surface area (Å²) in [6.07, 6.45) is 1.37. The summed E-state index contributed by atoms with van der Waals surface area (Å²) in [5.74, 6) is 0.0350. The van der Waals surface area contributed by atoms with E-state index < -0.39 is 6.04 Å². The Labute approximate surface area is 79.6 Å². The van der Waals surface area contributed by atoms with Crippen LogP contribution in [0.4, 0.5) is 0 Å². The predicted molar refractivity (Wildman–Crippen MR) is 52.1 cm³/mol. The number of ether oxygens (including phenoxy) is 1. The molecule has 0 aliphatic heterocycles. The van der Waals surface area contributed by atoms with Crippen molar-refractivity contribution in [1.82, 2.24) is 0 Å². The van der Waals surface area contributed by atoms with Gasteiger partial charge in [0.05, 0.1) is 6.61 Å². The number of hydrogen-bond acceptors (Lipinski definition) is 4. The maximum Gasteiger partial charge on any atom is 0.322 e. The lowest BCUT2D eigenvalue weighted by molar-refractivity contribution is -0.146. The molecule has 78 valence electrons. The van der Waals surface area contributed by atoms with Crippen LogP contribution in [-0.4, -0.2) is 25.2 Å². The smallest absolute Gasteiger partial charge is 0.322 e. The van der Waals surface area contributed by atoms with Gasteiger partial charge in [0.15, 0.2) is 0 Å². The minimum atomic E-state index is -0.512. The van der Waals surface area contributed by atoms with Gasteiger partial charge in [-0.1, -0.05) is 13.8 Å². The molecule has 0 radical (unpaired) electrons. The van der Waals surface area contributed by atoms with E-state index in [1.54, 1.807) is 0 Å². The van der Waals surface area contributed by atoms with Gasteiger partial charge in [-0.2, -0.15) is 0 Å². The van der Waals surface area contributed by atoms with Crippen LogP contribution in [0.3, 0.4) is 0 Å². The van der Waals surface area contributed by atoms with Gasteiger partial charge in [-0.05, 0) is 25.3 Å². The Morgan fingerprint density at radius 3 is 2.54 bits per heavy atom. The molecule has 0 aliphatic carbocycles. The molecule has 0 aliphatic rings. The number of rotatable bonds is 6. The normalized spacial score (nSPS) is 13.0. The Morgan fingerprint density at radius 2 is 2.08 bits per heavy atom. The molecule has 0 spiro atoms. The third-order valence-corrected chi connectivity index (χ3v) is 1.58. The van der Waals surface area contributed by atoms with Crippen molar-refractivity contribution in [3.63, 3.8) is 0 Å². The van der Waals surface area contributed by atoms with Crippen LogP contribution >= 0.6 is 0 Å². The molecule has 4 nitrogen and oxygen atoms in total. The van der Waals surface area contributed by atoms with E-state index in [2.05, 4.69) is 0 Å². The quantitative estimate of drug-likeness (QED) is 0.586. The molecule has 0 amide bonds. The number of esters is 1. The molecule has 13 heavy (non-hydrogen) atoms. The first kappa shape index (κ1) is 12.4. The summed E-state index contributed by atoms with van der Waals surface area (Å²) >= 11 is 0. The zero-order valence-electron chi connectivity index (χ0n) is 8.45. The summed E-state index contributed by atoms with van der Waals surface area (Å²) in [7, 11) is 0. The lowest BCUT2D eigenvalue weighted by atomic mass is 10.2. The van der Waals surface area contributed by atoms with E-state index >= 15 is 0 Å². The Hall–Kier alpha value is -0.610. The van der Waals surface area contributed by atoms with E-state index in [0.717, 1.165) is 6.42 Å². The maximum absolute atomic E-state index is 11.2. The molecular formula is C9H20N2O2. The molecule has 0 unspecified atom stereocenters. The van der Waals surface area contributed by atoms with Crippen molar-refractivity contribution in [3.8, 4) is 0 Å².